The number of thiazole rings is 1. The molecule has 1 aromatic heterocycles. The van der Waals surface area contributed by atoms with Crippen LogP contribution in [0.2, 0.25) is 0 Å². The predicted molar refractivity (Wildman–Crippen MR) is 72.9 cm³/mol. The van der Waals surface area contributed by atoms with Crippen molar-refractivity contribution in [2.45, 2.75) is 38.8 Å². The van der Waals surface area contributed by atoms with E-state index in [-0.39, 0.29) is 11.9 Å². The number of rotatable bonds is 3. The summed E-state index contributed by atoms with van der Waals surface area (Å²) in [5.74, 6) is -0.0999. The first-order valence-electron chi connectivity index (χ1n) is 6.38. The molecule has 104 valence electrons. The number of nitrogens with zero attached hydrogens (tertiary/aromatic N) is 1. The summed E-state index contributed by atoms with van der Waals surface area (Å²) in [5.41, 5.74) is 0.836. The average molecular weight is 282 g/mol. The highest BCUT2D eigenvalue weighted by Crippen LogP contribution is 2.07. The van der Waals surface area contributed by atoms with Crippen LogP contribution in [0.1, 0.15) is 30.0 Å². The molecule has 2 rings (SSSR count). The largest absolute Gasteiger partial charge is 0.354 e. The fraction of sp³-hybridized carbons (Fsp3) is 0.583. The molecule has 0 radical (unpaired) electrons. The minimum absolute atomic E-state index is 0.0999. The van der Waals surface area contributed by atoms with Gasteiger partial charge in [-0.1, -0.05) is 0 Å². The molecule has 1 aliphatic rings. The number of aryl methyl sites for hydroxylation is 1. The van der Waals surface area contributed by atoms with Gasteiger partial charge >= 0.3 is 6.03 Å². The van der Waals surface area contributed by atoms with E-state index in [1.54, 1.807) is 11.3 Å². The number of aromatic nitrogens is 1. The molecule has 3 amide bonds. The van der Waals surface area contributed by atoms with Gasteiger partial charge in [0.2, 0.25) is 5.91 Å². The van der Waals surface area contributed by atoms with Crippen LogP contribution in [-0.2, 0) is 11.3 Å². The highest BCUT2D eigenvalue weighted by Gasteiger charge is 2.22. The van der Waals surface area contributed by atoms with Crippen LogP contribution in [0.3, 0.4) is 0 Å². The first kappa shape index (κ1) is 13.8. The van der Waals surface area contributed by atoms with E-state index in [1.807, 2.05) is 12.3 Å². The molecule has 6 nitrogen and oxygen atoms in total. The number of urea groups is 1. The van der Waals surface area contributed by atoms with E-state index >= 15 is 0 Å². The van der Waals surface area contributed by atoms with E-state index in [9.17, 15) is 9.59 Å². The highest BCUT2D eigenvalue weighted by molar-refractivity contribution is 7.09. The maximum atomic E-state index is 11.7. The van der Waals surface area contributed by atoms with E-state index < -0.39 is 6.04 Å². The standard InChI is InChI=1S/C12H18N4O2S/c1-8-15-9(7-19-8)6-14-12(18)16-10-4-2-3-5-13-11(10)17/h7,10H,2-6H2,1H3,(H,13,17)(H2,14,16,18)/t10-/m0/s1. The first-order valence-corrected chi connectivity index (χ1v) is 7.26. The van der Waals surface area contributed by atoms with Crippen LogP contribution in [0.25, 0.3) is 0 Å². The molecule has 3 N–H and O–H groups in total. The van der Waals surface area contributed by atoms with E-state index in [1.165, 1.54) is 0 Å². The normalized spacial score (nSPS) is 19.4. The summed E-state index contributed by atoms with van der Waals surface area (Å²) in [6.45, 7) is 2.99. The number of carbonyl (C=O) groups is 2. The number of hydrogen-bond acceptors (Lipinski definition) is 4. The number of carbonyl (C=O) groups excluding carboxylic acids is 2. The molecule has 0 bridgehead atoms. The van der Waals surface area contributed by atoms with Crippen molar-refractivity contribution in [3.8, 4) is 0 Å². The molecule has 0 saturated carbocycles. The zero-order valence-electron chi connectivity index (χ0n) is 10.9. The van der Waals surface area contributed by atoms with Gasteiger partial charge < -0.3 is 16.0 Å². The minimum Gasteiger partial charge on any atom is -0.354 e. The average Bonchev–Trinajstić information content (AvgIpc) is 2.69. The van der Waals surface area contributed by atoms with Crippen LogP contribution in [0, 0.1) is 6.92 Å². The Labute approximate surface area is 116 Å². The zero-order valence-corrected chi connectivity index (χ0v) is 11.7. The van der Waals surface area contributed by atoms with Crippen LogP contribution in [0.15, 0.2) is 5.38 Å². The van der Waals surface area contributed by atoms with E-state index in [4.69, 9.17) is 0 Å². The van der Waals surface area contributed by atoms with Crippen molar-refractivity contribution in [1.82, 2.24) is 20.9 Å². The number of nitrogens with one attached hydrogen (secondary N) is 3. The van der Waals surface area contributed by atoms with Crippen molar-refractivity contribution in [2.24, 2.45) is 0 Å². The van der Waals surface area contributed by atoms with Crippen molar-refractivity contribution in [3.63, 3.8) is 0 Å². The van der Waals surface area contributed by atoms with Gasteiger partial charge in [0.1, 0.15) is 6.04 Å². The quantitative estimate of drug-likeness (QED) is 0.771. The van der Waals surface area contributed by atoms with Crippen molar-refractivity contribution < 1.29 is 9.59 Å². The Hall–Kier alpha value is -1.63. The predicted octanol–water partition coefficient (Wildman–Crippen LogP) is 0.919. The fourth-order valence-electron chi connectivity index (χ4n) is 1.95. The van der Waals surface area contributed by atoms with Gasteiger partial charge in [-0.05, 0) is 26.2 Å². The molecule has 0 aliphatic carbocycles. The summed E-state index contributed by atoms with van der Waals surface area (Å²) >= 11 is 1.55. The zero-order chi connectivity index (χ0) is 13.7. The van der Waals surface area contributed by atoms with Crippen LogP contribution in [-0.4, -0.2) is 29.5 Å². The van der Waals surface area contributed by atoms with Gasteiger partial charge in [0, 0.05) is 11.9 Å². The van der Waals surface area contributed by atoms with Crippen molar-refractivity contribution in [2.75, 3.05) is 6.54 Å². The summed E-state index contributed by atoms with van der Waals surface area (Å²) in [6, 6.07) is -0.757. The lowest BCUT2D eigenvalue weighted by atomic mass is 10.1. The Kier molecular flexibility index (Phi) is 4.73. The molecule has 7 heteroatoms. The Balaban J connectivity index is 1.78. The minimum atomic E-state index is -0.431. The summed E-state index contributed by atoms with van der Waals surface area (Å²) in [4.78, 5) is 27.6. The Morgan fingerprint density at radius 2 is 2.42 bits per heavy atom. The van der Waals surface area contributed by atoms with Crippen molar-refractivity contribution in [3.05, 3.63) is 16.1 Å². The van der Waals surface area contributed by atoms with Crippen LogP contribution < -0.4 is 16.0 Å². The monoisotopic (exact) mass is 282 g/mol. The lowest BCUT2D eigenvalue weighted by Crippen LogP contribution is -2.48. The smallest absolute Gasteiger partial charge is 0.315 e. The maximum absolute atomic E-state index is 11.7. The topological polar surface area (TPSA) is 83.1 Å². The molecule has 2 heterocycles. The SMILES string of the molecule is Cc1nc(CNC(=O)N[C@H]2CCCCNC2=O)cs1. The van der Waals surface area contributed by atoms with E-state index in [2.05, 4.69) is 20.9 Å². The third-order valence-electron chi connectivity index (χ3n) is 2.94. The van der Waals surface area contributed by atoms with Gasteiger partial charge in [0.15, 0.2) is 0 Å². The fourth-order valence-corrected chi connectivity index (χ4v) is 2.56. The summed E-state index contributed by atoms with van der Waals surface area (Å²) in [6.07, 6.45) is 2.59. The van der Waals surface area contributed by atoms with Gasteiger partial charge in [0.25, 0.3) is 0 Å². The van der Waals surface area contributed by atoms with Crippen LogP contribution in [0.5, 0.6) is 0 Å². The molecule has 1 atom stereocenters. The van der Waals surface area contributed by atoms with Gasteiger partial charge in [-0.25, -0.2) is 9.78 Å². The third-order valence-corrected chi connectivity index (χ3v) is 3.76. The lowest BCUT2D eigenvalue weighted by Gasteiger charge is -2.15. The second-order valence-corrected chi connectivity index (χ2v) is 5.59. The Morgan fingerprint density at radius 3 is 3.16 bits per heavy atom. The van der Waals surface area contributed by atoms with Gasteiger partial charge in [-0.15, -0.1) is 11.3 Å². The van der Waals surface area contributed by atoms with Crippen LogP contribution >= 0.6 is 11.3 Å². The molecule has 0 aromatic carbocycles. The number of amides is 3. The molecule has 1 fully saturated rings. The van der Waals surface area contributed by atoms with Crippen molar-refractivity contribution >= 4 is 23.3 Å². The molecule has 1 aromatic rings. The third kappa shape index (κ3) is 4.20. The Bertz CT molecular complexity index is 460. The van der Waals surface area contributed by atoms with Gasteiger partial charge in [-0.2, -0.15) is 0 Å². The molecular formula is C12H18N4O2S. The second-order valence-electron chi connectivity index (χ2n) is 4.52. The first-order chi connectivity index (χ1) is 9.15. The summed E-state index contributed by atoms with van der Waals surface area (Å²) in [7, 11) is 0. The summed E-state index contributed by atoms with van der Waals surface area (Å²) < 4.78 is 0. The highest BCUT2D eigenvalue weighted by atomic mass is 32.1. The van der Waals surface area contributed by atoms with E-state index in [0.717, 1.165) is 23.5 Å². The molecule has 1 saturated heterocycles. The second kappa shape index (κ2) is 6.51. The lowest BCUT2D eigenvalue weighted by molar-refractivity contribution is -0.122. The molecular weight excluding hydrogens is 264 g/mol. The summed E-state index contributed by atoms with van der Waals surface area (Å²) in [5, 5.41) is 11.1. The van der Waals surface area contributed by atoms with Gasteiger partial charge in [-0.3, -0.25) is 4.79 Å². The van der Waals surface area contributed by atoms with Gasteiger partial charge in [0.05, 0.1) is 17.2 Å². The Morgan fingerprint density at radius 1 is 1.58 bits per heavy atom. The van der Waals surface area contributed by atoms with Crippen molar-refractivity contribution in [1.29, 1.82) is 0 Å². The molecule has 19 heavy (non-hydrogen) atoms. The molecule has 0 spiro atoms. The number of hydrogen-bond donors (Lipinski definition) is 3. The van der Waals surface area contributed by atoms with Crippen LogP contribution in [0.4, 0.5) is 4.79 Å². The maximum Gasteiger partial charge on any atom is 0.315 e. The molecule has 1 aliphatic heterocycles. The molecule has 0 unspecified atom stereocenters. The van der Waals surface area contributed by atoms with E-state index in [0.29, 0.717) is 19.5 Å².